The highest BCUT2D eigenvalue weighted by Gasteiger charge is 2.28. The van der Waals surface area contributed by atoms with Crippen molar-refractivity contribution in [2.45, 2.75) is 37.0 Å². The van der Waals surface area contributed by atoms with Gasteiger partial charge in [0.15, 0.2) is 0 Å². The second-order valence-corrected chi connectivity index (χ2v) is 8.05. The summed E-state index contributed by atoms with van der Waals surface area (Å²) in [7, 11) is -2.87. The second kappa shape index (κ2) is 7.02. The van der Waals surface area contributed by atoms with Crippen LogP contribution in [0.2, 0.25) is 0 Å². The van der Waals surface area contributed by atoms with Gasteiger partial charge in [0.25, 0.3) is 0 Å². The fourth-order valence-electron chi connectivity index (χ4n) is 2.97. The van der Waals surface area contributed by atoms with Crippen LogP contribution in [0, 0.1) is 0 Å². The summed E-state index contributed by atoms with van der Waals surface area (Å²) in [5.74, 6) is 0. The first kappa shape index (κ1) is 15.2. The van der Waals surface area contributed by atoms with E-state index in [1.807, 2.05) is 0 Å². The van der Waals surface area contributed by atoms with Crippen LogP contribution < -0.4 is 5.32 Å². The minimum atomic E-state index is -2.87. The van der Waals surface area contributed by atoms with Gasteiger partial charge in [-0.05, 0) is 19.3 Å². The van der Waals surface area contributed by atoms with Crippen LogP contribution in [0.4, 0.5) is 0 Å². The van der Waals surface area contributed by atoms with E-state index < -0.39 is 9.84 Å². The summed E-state index contributed by atoms with van der Waals surface area (Å²) in [6.45, 7) is 5.67. The van der Waals surface area contributed by atoms with Crippen molar-refractivity contribution in [1.82, 2.24) is 10.2 Å². The topological polar surface area (TPSA) is 58.6 Å². The molecule has 2 fully saturated rings. The number of hydrogen-bond donors (Lipinski definition) is 1. The van der Waals surface area contributed by atoms with E-state index in [4.69, 9.17) is 4.74 Å². The van der Waals surface area contributed by atoms with E-state index in [2.05, 4.69) is 10.2 Å². The van der Waals surface area contributed by atoms with E-state index in [1.54, 1.807) is 0 Å². The van der Waals surface area contributed by atoms with Gasteiger partial charge in [0.05, 0.1) is 18.5 Å². The zero-order valence-corrected chi connectivity index (χ0v) is 12.6. The SMILES string of the molecule is CS(=O)(=O)C1CCCC(NCCN2CCOCC2)C1. The number of sulfone groups is 1. The summed E-state index contributed by atoms with van der Waals surface area (Å²) in [4.78, 5) is 2.40. The van der Waals surface area contributed by atoms with E-state index in [9.17, 15) is 8.42 Å². The lowest BCUT2D eigenvalue weighted by Crippen LogP contribution is -2.44. The van der Waals surface area contributed by atoms with Gasteiger partial charge in [0, 0.05) is 38.5 Å². The third kappa shape index (κ3) is 5.02. The van der Waals surface area contributed by atoms with Gasteiger partial charge < -0.3 is 10.1 Å². The van der Waals surface area contributed by atoms with Gasteiger partial charge >= 0.3 is 0 Å². The molecule has 5 nitrogen and oxygen atoms in total. The molecular weight excluding hydrogens is 264 g/mol. The molecule has 112 valence electrons. The number of nitrogens with one attached hydrogen (secondary N) is 1. The molecule has 19 heavy (non-hydrogen) atoms. The first-order chi connectivity index (χ1) is 9.05. The third-order valence-electron chi connectivity index (χ3n) is 4.20. The summed E-state index contributed by atoms with van der Waals surface area (Å²) in [5, 5.41) is 3.39. The lowest BCUT2D eigenvalue weighted by Gasteiger charge is -2.31. The predicted molar refractivity (Wildman–Crippen MR) is 76.1 cm³/mol. The summed E-state index contributed by atoms with van der Waals surface area (Å²) in [5.41, 5.74) is 0. The van der Waals surface area contributed by atoms with Crippen molar-refractivity contribution in [2.75, 3.05) is 45.6 Å². The molecule has 1 aliphatic carbocycles. The molecule has 1 heterocycles. The van der Waals surface area contributed by atoms with Crippen LogP contribution in [0.5, 0.6) is 0 Å². The summed E-state index contributed by atoms with van der Waals surface area (Å²) < 4.78 is 28.5. The molecule has 2 atom stereocenters. The molecule has 6 heteroatoms. The van der Waals surface area contributed by atoms with Crippen molar-refractivity contribution in [3.8, 4) is 0 Å². The van der Waals surface area contributed by atoms with E-state index >= 15 is 0 Å². The Hall–Kier alpha value is -0.170. The van der Waals surface area contributed by atoms with E-state index in [-0.39, 0.29) is 5.25 Å². The molecule has 0 radical (unpaired) electrons. The van der Waals surface area contributed by atoms with Gasteiger partial charge in [-0.25, -0.2) is 8.42 Å². The summed E-state index contributed by atoms with van der Waals surface area (Å²) >= 11 is 0. The van der Waals surface area contributed by atoms with Crippen molar-refractivity contribution < 1.29 is 13.2 Å². The van der Waals surface area contributed by atoms with Gasteiger partial charge in [-0.3, -0.25) is 4.90 Å². The lowest BCUT2D eigenvalue weighted by atomic mass is 9.95. The van der Waals surface area contributed by atoms with E-state index in [1.165, 1.54) is 6.26 Å². The average Bonchev–Trinajstić information content (AvgIpc) is 2.39. The molecule has 0 bridgehead atoms. The number of morpholine rings is 1. The smallest absolute Gasteiger partial charge is 0.150 e. The number of rotatable bonds is 5. The van der Waals surface area contributed by atoms with Crippen LogP contribution >= 0.6 is 0 Å². The Balaban J connectivity index is 1.67. The molecule has 1 aliphatic heterocycles. The molecule has 1 saturated heterocycles. The minimum Gasteiger partial charge on any atom is -0.379 e. The van der Waals surface area contributed by atoms with Crippen molar-refractivity contribution in [1.29, 1.82) is 0 Å². The normalized spacial score (nSPS) is 30.4. The Labute approximate surface area is 116 Å². The first-order valence-electron chi connectivity index (χ1n) is 7.28. The number of nitrogens with zero attached hydrogens (tertiary/aromatic N) is 1. The highest BCUT2D eigenvalue weighted by atomic mass is 32.2. The average molecular weight is 290 g/mol. The Morgan fingerprint density at radius 3 is 2.68 bits per heavy atom. The van der Waals surface area contributed by atoms with Gasteiger partial charge in [0.1, 0.15) is 9.84 Å². The van der Waals surface area contributed by atoms with E-state index in [0.29, 0.717) is 6.04 Å². The monoisotopic (exact) mass is 290 g/mol. The Morgan fingerprint density at radius 2 is 2.00 bits per heavy atom. The standard InChI is InChI=1S/C13H26N2O3S/c1-19(16,17)13-4-2-3-12(11-13)14-5-6-15-7-9-18-10-8-15/h12-14H,2-11H2,1H3. The van der Waals surface area contributed by atoms with Crippen molar-refractivity contribution >= 4 is 9.84 Å². The molecule has 1 saturated carbocycles. The Kier molecular flexibility index (Phi) is 5.62. The predicted octanol–water partition coefficient (Wildman–Crippen LogP) is 0.264. The van der Waals surface area contributed by atoms with Crippen LogP contribution in [0.15, 0.2) is 0 Å². The summed E-state index contributed by atoms with van der Waals surface area (Å²) in [6.07, 6.45) is 5.11. The fourth-order valence-corrected chi connectivity index (χ4v) is 4.15. The molecule has 2 aliphatic rings. The lowest BCUT2D eigenvalue weighted by molar-refractivity contribution is 0.0380. The van der Waals surface area contributed by atoms with Crippen LogP contribution in [0.25, 0.3) is 0 Å². The molecular formula is C13H26N2O3S. The molecule has 0 aromatic heterocycles. The van der Waals surface area contributed by atoms with Crippen LogP contribution in [-0.4, -0.2) is 70.3 Å². The van der Waals surface area contributed by atoms with Crippen molar-refractivity contribution in [2.24, 2.45) is 0 Å². The Morgan fingerprint density at radius 1 is 1.26 bits per heavy atom. The maximum absolute atomic E-state index is 11.6. The minimum absolute atomic E-state index is 0.137. The van der Waals surface area contributed by atoms with Gasteiger partial charge in [-0.2, -0.15) is 0 Å². The van der Waals surface area contributed by atoms with Crippen molar-refractivity contribution in [3.63, 3.8) is 0 Å². The highest BCUT2D eigenvalue weighted by Crippen LogP contribution is 2.23. The molecule has 2 unspecified atom stereocenters. The Bertz CT molecular complexity index is 366. The molecule has 0 aromatic rings. The quantitative estimate of drug-likeness (QED) is 0.787. The van der Waals surface area contributed by atoms with Crippen LogP contribution in [-0.2, 0) is 14.6 Å². The van der Waals surface area contributed by atoms with Gasteiger partial charge in [-0.15, -0.1) is 0 Å². The molecule has 0 aromatic carbocycles. The molecule has 0 amide bonds. The number of hydrogen-bond acceptors (Lipinski definition) is 5. The fraction of sp³-hybridized carbons (Fsp3) is 1.00. The summed E-state index contributed by atoms with van der Waals surface area (Å²) in [6, 6.07) is 0.370. The highest BCUT2D eigenvalue weighted by molar-refractivity contribution is 7.91. The molecule has 2 rings (SSSR count). The maximum atomic E-state index is 11.6. The zero-order valence-electron chi connectivity index (χ0n) is 11.8. The zero-order chi connectivity index (χ0) is 13.7. The molecule has 1 N–H and O–H groups in total. The first-order valence-corrected chi connectivity index (χ1v) is 9.23. The maximum Gasteiger partial charge on any atom is 0.150 e. The largest absolute Gasteiger partial charge is 0.379 e. The third-order valence-corrected chi connectivity index (χ3v) is 5.84. The second-order valence-electron chi connectivity index (χ2n) is 5.72. The van der Waals surface area contributed by atoms with Crippen LogP contribution in [0.1, 0.15) is 25.7 Å². The van der Waals surface area contributed by atoms with E-state index in [0.717, 1.165) is 65.1 Å². The van der Waals surface area contributed by atoms with Crippen molar-refractivity contribution in [3.05, 3.63) is 0 Å². The van der Waals surface area contributed by atoms with Crippen LogP contribution in [0.3, 0.4) is 0 Å². The van der Waals surface area contributed by atoms with Gasteiger partial charge in [-0.1, -0.05) is 6.42 Å². The number of ether oxygens (including phenoxy) is 1. The molecule has 0 spiro atoms. The van der Waals surface area contributed by atoms with Gasteiger partial charge in [0.2, 0.25) is 0 Å².